The maximum absolute atomic E-state index is 11.9. The molecule has 1 unspecified atom stereocenters. The van der Waals surface area contributed by atoms with E-state index in [9.17, 15) is 4.79 Å². The second-order valence-corrected chi connectivity index (χ2v) is 4.58. The third-order valence-corrected chi connectivity index (χ3v) is 3.29. The van der Waals surface area contributed by atoms with Crippen LogP contribution >= 0.6 is 11.3 Å². The number of nitrogens with two attached hydrogens (primary N) is 1. The number of likely N-dealkylation sites (N-methyl/N-ethyl adjacent to an activating group) is 1. The van der Waals surface area contributed by atoms with E-state index < -0.39 is 6.04 Å². The van der Waals surface area contributed by atoms with Crippen LogP contribution in [0.1, 0.15) is 17.3 Å². The zero-order chi connectivity index (χ0) is 12.0. The molecular formula is C11H18N2O2S. The van der Waals surface area contributed by atoms with Gasteiger partial charge in [0.25, 0.3) is 0 Å². The molecular weight excluding hydrogens is 224 g/mol. The summed E-state index contributed by atoms with van der Waals surface area (Å²) in [6.45, 7) is 1.33. The summed E-state index contributed by atoms with van der Waals surface area (Å²) in [5, 5.41) is 1.92. The number of carbonyl (C=O) groups is 1. The lowest BCUT2D eigenvalue weighted by Crippen LogP contribution is -2.36. The third kappa shape index (κ3) is 3.59. The van der Waals surface area contributed by atoms with Crippen molar-refractivity contribution in [1.29, 1.82) is 0 Å². The molecule has 0 aliphatic rings. The molecule has 1 aromatic heterocycles. The molecule has 4 nitrogen and oxygen atoms in total. The van der Waals surface area contributed by atoms with E-state index in [0.29, 0.717) is 13.2 Å². The van der Waals surface area contributed by atoms with Gasteiger partial charge in [-0.2, -0.15) is 0 Å². The quantitative estimate of drug-likeness (QED) is 0.764. The summed E-state index contributed by atoms with van der Waals surface area (Å²) in [5.74, 6) is -0.0430. The number of methoxy groups -OCH3 is 1. The van der Waals surface area contributed by atoms with Crippen molar-refractivity contribution in [1.82, 2.24) is 4.90 Å². The molecule has 1 aromatic rings. The van der Waals surface area contributed by atoms with Crippen molar-refractivity contribution in [2.45, 2.75) is 12.5 Å². The van der Waals surface area contributed by atoms with Crippen molar-refractivity contribution in [2.75, 3.05) is 27.3 Å². The number of thiophene rings is 1. The molecule has 2 N–H and O–H groups in total. The van der Waals surface area contributed by atoms with E-state index >= 15 is 0 Å². The van der Waals surface area contributed by atoms with E-state index in [4.69, 9.17) is 10.5 Å². The highest BCUT2D eigenvalue weighted by Crippen LogP contribution is 2.18. The summed E-state index contributed by atoms with van der Waals surface area (Å²) in [6.07, 6.45) is 0.829. The molecule has 16 heavy (non-hydrogen) atoms. The van der Waals surface area contributed by atoms with Crippen LogP contribution in [-0.2, 0) is 9.53 Å². The van der Waals surface area contributed by atoms with Gasteiger partial charge in [-0.1, -0.05) is 6.07 Å². The van der Waals surface area contributed by atoms with Gasteiger partial charge >= 0.3 is 0 Å². The monoisotopic (exact) mass is 242 g/mol. The molecule has 0 saturated carbocycles. The van der Waals surface area contributed by atoms with Crippen LogP contribution in [-0.4, -0.2) is 38.1 Å². The Bertz CT molecular complexity index is 314. The number of carbonyl (C=O) groups excluding carboxylic acids is 1. The molecule has 0 spiro atoms. The van der Waals surface area contributed by atoms with E-state index in [1.54, 1.807) is 19.1 Å². The van der Waals surface area contributed by atoms with Crippen molar-refractivity contribution in [2.24, 2.45) is 5.73 Å². The summed E-state index contributed by atoms with van der Waals surface area (Å²) in [5.41, 5.74) is 5.88. The van der Waals surface area contributed by atoms with Crippen LogP contribution in [0, 0.1) is 0 Å². The first-order valence-corrected chi connectivity index (χ1v) is 6.07. The van der Waals surface area contributed by atoms with Crippen molar-refractivity contribution >= 4 is 17.2 Å². The van der Waals surface area contributed by atoms with Crippen molar-refractivity contribution in [3.8, 4) is 0 Å². The SMILES string of the molecule is COCCCN(C)C(=O)C(N)c1cccs1. The second-order valence-electron chi connectivity index (χ2n) is 3.60. The molecule has 0 radical (unpaired) electrons. The topological polar surface area (TPSA) is 55.6 Å². The van der Waals surface area contributed by atoms with Crippen LogP contribution in [0.2, 0.25) is 0 Å². The van der Waals surface area contributed by atoms with Crippen LogP contribution in [0.3, 0.4) is 0 Å². The van der Waals surface area contributed by atoms with Crippen LogP contribution in [0.15, 0.2) is 17.5 Å². The van der Waals surface area contributed by atoms with E-state index in [1.165, 1.54) is 11.3 Å². The van der Waals surface area contributed by atoms with E-state index in [1.807, 2.05) is 17.5 Å². The van der Waals surface area contributed by atoms with Gasteiger partial charge in [0.15, 0.2) is 0 Å². The predicted octanol–water partition coefficient (Wildman–Crippen LogP) is 1.24. The first-order valence-electron chi connectivity index (χ1n) is 5.19. The van der Waals surface area contributed by atoms with Crippen LogP contribution in [0.5, 0.6) is 0 Å². The largest absolute Gasteiger partial charge is 0.385 e. The number of amides is 1. The normalized spacial score (nSPS) is 12.4. The average molecular weight is 242 g/mol. The molecule has 0 bridgehead atoms. The standard InChI is InChI=1S/C11H18N2O2S/c1-13(6-4-7-15-2)11(14)10(12)9-5-3-8-16-9/h3,5,8,10H,4,6-7,12H2,1-2H3. The van der Waals surface area contributed by atoms with Crippen molar-refractivity contribution < 1.29 is 9.53 Å². The van der Waals surface area contributed by atoms with Gasteiger partial charge in [-0.25, -0.2) is 0 Å². The summed E-state index contributed by atoms with van der Waals surface area (Å²) in [4.78, 5) is 14.5. The Morgan fingerprint density at radius 3 is 3.00 bits per heavy atom. The number of nitrogens with zero attached hydrogens (tertiary/aromatic N) is 1. The summed E-state index contributed by atoms with van der Waals surface area (Å²) in [6, 6.07) is 3.25. The molecule has 0 aromatic carbocycles. The van der Waals surface area contributed by atoms with Gasteiger partial charge in [-0.05, 0) is 17.9 Å². The van der Waals surface area contributed by atoms with Gasteiger partial charge in [-0.3, -0.25) is 4.79 Å². The Kier molecular flexibility index (Phi) is 5.45. The minimum absolute atomic E-state index is 0.0430. The zero-order valence-electron chi connectivity index (χ0n) is 9.68. The molecule has 1 heterocycles. The Balaban J connectivity index is 2.44. The summed E-state index contributed by atoms with van der Waals surface area (Å²) >= 11 is 1.51. The summed E-state index contributed by atoms with van der Waals surface area (Å²) in [7, 11) is 3.42. The number of hydrogen-bond acceptors (Lipinski definition) is 4. The van der Waals surface area contributed by atoms with Gasteiger partial charge in [0.2, 0.25) is 5.91 Å². The number of ether oxygens (including phenoxy) is 1. The van der Waals surface area contributed by atoms with E-state index in [-0.39, 0.29) is 5.91 Å². The zero-order valence-corrected chi connectivity index (χ0v) is 10.5. The molecule has 1 atom stereocenters. The highest BCUT2D eigenvalue weighted by molar-refractivity contribution is 7.10. The Morgan fingerprint density at radius 2 is 2.44 bits per heavy atom. The Labute approximate surface area is 100 Å². The lowest BCUT2D eigenvalue weighted by atomic mass is 10.2. The highest BCUT2D eigenvalue weighted by atomic mass is 32.1. The van der Waals surface area contributed by atoms with Gasteiger partial charge in [-0.15, -0.1) is 11.3 Å². The lowest BCUT2D eigenvalue weighted by molar-refractivity contribution is -0.131. The molecule has 0 aliphatic heterocycles. The van der Waals surface area contributed by atoms with Gasteiger partial charge in [0.1, 0.15) is 6.04 Å². The number of hydrogen-bond donors (Lipinski definition) is 1. The minimum Gasteiger partial charge on any atom is -0.385 e. The second kappa shape index (κ2) is 6.62. The molecule has 0 aliphatic carbocycles. The van der Waals surface area contributed by atoms with E-state index in [2.05, 4.69) is 0 Å². The fourth-order valence-corrected chi connectivity index (χ4v) is 2.10. The Hall–Kier alpha value is -0.910. The fraction of sp³-hybridized carbons (Fsp3) is 0.545. The molecule has 90 valence electrons. The maximum Gasteiger partial charge on any atom is 0.244 e. The fourth-order valence-electron chi connectivity index (χ4n) is 1.38. The molecule has 0 saturated heterocycles. The van der Waals surface area contributed by atoms with Crippen molar-refractivity contribution in [3.63, 3.8) is 0 Å². The van der Waals surface area contributed by atoms with Crippen LogP contribution in [0.4, 0.5) is 0 Å². The van der Waals surface area contributed by atoms with Crippen LogP contribution < -0.4 is 5.73 Å². The van der Waals surface area contributed by atoms with E-state index in [0.717, 1.165) is 11.3 Å². The van der Waals surface area contributed by atoms with Gasteiger partial charge in [0, 0.05) is 32.2 Å². The first-order chi connectivity index (χ1) is 7.66. The van der Waals surface area contributed by atoms with Gasteiger partial charge < -0.3 is 15.4 Å². The first kappa shape index (κ1) is 13.2. The molecule has 1 amide bonds. The lowest BCUT2D eigenvalue weighted by Gasteiger charge is -2.20. The minimum atomic E-state index is -0.535. The maximum atomic E-state index is 11.9. The Morgan fingerprint density at radius 1 is 1.69 bits per heavy atom. The molecule has 0 fully saturated rings. The molecule has 5 heteroatoms. The highest BCUT2D eigenvalue weighted by Gasteiger charge is 2.19. The van der Waals surface area contributed by atoms with Crippen LogP contribution in [0.25, 0.3) is 0 Å². The third-order valence-electron chi connectivity index (χ3n) is 2.33. The smallest absolute Gasteiger partial charge is 0.244 e. The van der Waals surface area contributed by atoms with Gasteiger partial charge in [0.05, 0.1) is 0 Å². The number of rotatable bonds is 6. The average Bonchev–Trinajstić information content (AvgIpc) is 2.80. The molecule has 1 rings (SSSR count). The summed E-state index contributed by atoms with van der Waals surface area (Å²) < 4.78 is 4.94. The predicted molar refractivity (Wildman–Crippen MR) is 65.4 cm³/mol. The van der Waals surface area contributed by atoms with Crippen molar-refractivity contribution in [3.05, 3.63) is 22.4 Å².